The van der Waals surface area contributed by atoms with Crippen molar-refractivity contribution in [2.24, 2.45) is 0 Å². The molecule has 0 saturated carbocycles. The average Bonchev–Trinajstić information content (AvgIpc) is 2.75. The van der Waals surface area contributed by atoms with Crippen LogP contribution in [0.4, 0.5) is 0 Å². The highest BCUT2D eigenvalue weighted by molar-refractivity contribution is 7.90. The fourth-order valence-corrected chi connectivity index (χ4v) is 3.77. The van der Waals surface area contributed by atoms with Crippen LogP contribution in [0.15, 0.2) is 18.2 Å². The Morgan fingerprint density at radius 2 is 1.79 bits per heavy atom. The first kappa shape index (κ1) is 23.8. The Kier molecular flexibility index (Phi) is 7.44. The van der Waals surface area contributed by atoms with Crippen LogP contribution in [0.5, 0.6) is 5.75 Å². The molecule has 8 heteroatoms. The third-order valence-corrected chi connectivity index (χ3v) is 7.10. The third-order valence-electron chi connectivity index (χ3n) is 5.24. The highest BCUT2D eigenvalue weighted by atomic mass is 35.5. The molecule has 1 unspecified atom stereocenters. The van der Waals surface area contributed by atoms with E-state index in [4.69, 9.17) is 25.6 Å². The lowest BCUT2D eigenvalue weighted by Gasteiger charge is -2.32. The van der Waals surface area contributed by atoms with Crippen molar-refractivity contribution in [1.82, 2.24) is 4.72 Å². The molecule has 0 bridgehead atoms. The van der Waals surface area contributed by atoms with Crippen LogP contribution in [-0.4, -0.2) is 40.2 Å². The second kappa shape index (κ2) is 8.74. The van der Waals surface area contributed by atoms with E-state index in [2.05, 4.69) is 4.72 Å². The second-order valence-corrected chi connectivity index (χ2v) is 11.7. The summed E-state index contributed by atoms with van der Waals surface area (Å²) in [5.74, 6) is 0.516. The molecule has 28 heavy (non-hydrogen) atoms. The van der Waals surface area contributed by atoms with Gasteiger partial charge in [0.25, 0.3) is 0 Å². The van der Waals surface area contributed by atoms with E-state index in [9.17, 15) is 4.55 Å². The van der Waals surface area contributed by atoms with Crippen LogP contribution in [0, 0.1) is 6.92 Å². The maximum absolute atomic E-state index is 12.7. The summed E-state index contributed by atoms with van der Waals surface area (Å²) in [5, 5.41) is 0.683. The Hall–Kier alpha value is -0.435. The van der Waals surface area contributed by atoms with Gasteiger partial charge in [-0.2, -0.15) is 0 Å². The molecule has 5 nitrogen and oxygen atoms in total. The van der Waals surface area contributed by atoms with Crippen molar-refractivity contribution in [1.29, 1.82) is 0 Å². The summed E-state index contributed by atoms with van der Waals surface area (Å²) >= 11 is 4.76. The smallest absolute Gasteiger partial charge is 0.480 e. The van der Waals surface area contributed by atoms with Gasteiger partial charge >= 0.3 is 7.12 Å². The Labute approximate surface area is 178 Å². The quantitative estimate of drug-likeness (QED) is 0.512. The summed E-state index contributed by atoms with van der Waals surface area (Å²) in [7, 11) is -0.508. The van der Waals surface area contributed by atoms with Gasteiger partial charge in [0.2, 0.25) is 0 Å². The number of ether oxygens (including phenoxy) is 1. The van der Waals surface area contributed by atoms with Gasteiger partial charge in [0.15, 0.2) is 0 Å². The van der Waals surface area contributed by atoms with E-state index in [1.165, 1.54) is 0 Å². The van der Waals surface area contributed by atoms with E-state index < -0.39 is 34.4 Å². The molecule has 2 rings (SSSR count). The van der Waals surface area contributed by atoms with Crippen molar-refractivity contribution in [3.63, 3.8) is 0 Å². The van der Waals surface area contributed by atoms with Gasteiger partial charge in [0, 0.05) is 16.4 Å². The standard InChI is InChI=1S/C20H33BClNO4S/c1-14-13-15(22)9-10-16(14)25-12-11-17(23-28(24)18(2,3)4)21-26-19(5,6)20(7,8)27-21/h9-10,13,17,23H,11-12H2,1-8H3/t17?,28-/m1/s1. The molecular weight excluding hydrogens is 397 g/mol. The molecule has 2 atom stereocenters. The van der Waals surface area contributed by atoms with E-state index in [-0.39, 0.29) is 5.94 Å². The summed E-state index contributed by atoms with van der Waals surface area (Å²) in [6.07, 6.45) is 0.584. The van der Waals surface area contributed by atoms with Gasteiger partial charge in [0.05, 0.1) is 23.8 Å². The summed E-state index contributed by atoms with van der Waals surface area (Å²) in [6.45, 7) is 16.2. The molecule has 0 spiro atoms. The number of rotatable bonds is 7. The molecule has 158 valence electrons. The third kappa shape index (κ3) is 5.80. The van der Waals surface area contributed by atoms with Gasteiger partial charge < -0.3 is 18.6 Å². The van der Waals surface area contributed by atoms with Gasteiger partial charge in [-0.05, 0) is 85.6 Å². The molecular formula is C20H33BClNO4S. The SMILES string of the molecule is Cc1cc(Cl)ccc1OCCC(N[S@+]([O-])C(C)(C)C)B1OC(C)(C)C(C)(C)O1. The molecule has 0 radical (unpaired) electrons. The number of hydrogen-bond acceptors (Lipinski definition) is 5. The molecule has 1 aliphatic heterocycles. The van der Waals surface area contributed by atoms with Crippen molar-refractivity contribution in [2.75, 3.05) is 6.61 Å². The van der Waals surface area contributed by atoms with Crippen LogP contribution in [-0.2, 0) is 20.7 Å². The zero-order valence-corrected chi connectivity index (χ0v) is 19.8. The minimum atomic E-state index is -1.25. The summed E-state index contributed by atoms with van der Waals surface area (Å²) in [4.78, 5) is 0. The van der Waals surface area contributed by atoms with Gasteiger partial charge in [-0.3, -0.25) is 0 Å². The first-order valence-corrected chi connectivity index (χ1v) is 11.2. The Bertz CT molecular complexity index is 665. The summed E-state index contributed by atoms with van der Waals surface area (Å²) in [6, 6.07) is 5.54. The van der Waals surface area contributed by atoms with Crippen molar-refractivity contribution in [3.8, 4) is 5.75 Å². The number of nitrogens with one attached hydrogen (secondary N) is 1. The summed E-state index contributed by atoms with van der Waals surface area (Å²) < 4.78 is 33.8. The minimum absolute atomic E-state index is 0.270. The molecule has 1 N–H and O–H groups in total. The van der Waals surface area contributed by atoms with Crippen LogP contribution in [0.3, 0.4) is 0 Å². The average molecular weight is 430 g/mol. The molecule has 1 aromatic rings. The Balaban J connectivity index is 2.08. The maximum atomic E-state index is 12.7. The van der Waals surface area contributed by atoms with Crippen LogP contribution in [0.1, 0.15) is 60.5 Å². The molecule has 0 aromatic heterocycles. The van der Waals surface area contributed by atoms with Crippen LogP contribution in [0.25, 0.3) is 0 Å². The number of aryl methyl sites for hydroxylation is 1. The first-order valence-electron chi connectivity index (χ1n) is 9.65. The topological polar surface area (TPSA) is 62.8 Å². The number of benzene rings is 1. The lowest BCUT2D eigenvalue weighted by Crippen LogP contribution is -2.52. The first-order chi connectivity index (χ1) is 12.7. The van der Waals surface area contributed by atoms with Crippen molar-refractivity contribution >= 4 is 30.1 Å². The monoisotopic (exact) mass is 429 g/mol. The zero-order valence-electron chi connectivity index (χ0n) is 18.2. The van der Waals surface area contributed by atoms with Crippen molar-refractivity contribution in [2.45, 2.75) is 83.7 Å². The Morgan fingerprint density at radius 1 is 1.21 bits per heavy atom. The predicted octanol–water partition coefficient (Wildman–Crippen LogP) is 4.47. The van der Waals surface area contributed by atoms with E-state index in [0.717, 1.165) is 11.3 Å². The normalized spacial score (nSPS) is 20.9. The van der Waals surface area contributed by atoms with Gasteiger partial charge in [-0.15, -0.1) is 4.72 Å². The zero-order chi connectivity index (χ0) is 21.3. The van der Waals surface area contributed by atoms with E-state index in [0.29, 0.717) is 18.1 Å². The summed E-state index contributed by atoms with van der Waals surface area (Å²) in [5.41, 5.74) is 0.0778. The highest BCUT2D eigenvalue weighted by Gasteiger charge is 2.55. The molecule has 1 heterocycles. The van der Waals surface area contributed by atoms with Crippen LogP contribution < -0.4 is 9.46 Å². The maximum Gasteiger partial charge on any atom is 0.480 e. The van der Waals surface area contributed by atoms with Gasteiger partial charge in [0.1, 0.15) is 10.5 Å². The highest BCUT2D eigenvalue weighted by Crippen LogP contribution is 2.38. The minimum Gasteiger partial charge on any atom is -0.598 e. The van der Waals surface area contributed by atoms with E-state index in [1.54, 1.807) is 0 Å². The van der Waals surface area contributed by atoms with E-state index >= 15 is 0 Å². The fraction of sp³-hybridized carbons (Fsp3) is 0.700. The fourth-order valence-electron chi connectivity index (χ4n) is 2.69. The van der Waals surface area contributed by atoms with Gasteiger partial charge in [-0.1, -0.05) is 11.6 Å². The number of halogens is 1. The van der Waals surface area contributed by atoms with Gasteiger partial charge in [-0.25, -0.2) is 0 Å². The molecule has 1 aromatic carbocycles. The largest absolute Gasteiger partial charge is 0.598 e. The van der Waals surface area contributed by atoms with E-state index in [1.807, 2.05) is 73.6 Å². The predicted molar refractivity (Wildman–Crippen MR) is 117 cm³/mol. The van der Waals surface area contributed by atoms with Crippen LogP contribution >= 0.6 is 11.6 Å². The Morgan fingerprint density at radius 3 is 2.29 bits per heavy atom. The van der Waals surface area contributed by atoms with Crippen molar-refractivity contribution < 1.29 is 18.6 Å². The van der Waals surface area contributed by atoms with Crippen LogP contribution in [0.2, 0.25) is 5.02 Å². The lowest BCUT2D eigenvalue weighted by molar-refractivity contribution is 0.00578. The molecule has 1 fully saturated rings. The second-order valence-electron chi connectivity index (χ2n) is 9.28. The lowest BCUT2D eigenvalue weighted by atomic mass is 9.77. The van der Waals surface area contributed by atoms with Crippen molar-refractivity contribution in [3.05, 3.63) is 28.8 Å². The molecule has 1 aliphatic rings. The molecule has 0 amide bonds. The molecule has 1 saturated heterocycles. The number of hydrogen-bond donors (Lipinski definition) is 1. The molecule has 0 aliphatic carbocycles.